The average molecular weight is 213 g/mol. The fourth-order valence-corrected chi connectivity index (χ4v) is 1.45. The van der Waals surface area contributed by atoms with Crippen molar-refractivity contribution in [3.63, 3.8) is 0 Å². The largest absolute Gasteiger partial charge is 0.384 e. The van der Waals surface area contributed by atoms with Crippen LogP contribution in [0.1, 0.15) is 11.1 Å². The number of nitrogens with zero attached hydrogens (tertiary/aromatic N) is 1. The molecule has 1 heterocycles. The Hall–Kier alpha value is -2.03. The van der Waals surface area contributed by atoms with Gasteiger partial charge in [0, 0.05) is 6.54 Å². The molecule has 0 bridgehead atoms. The molecule has 1 aromatic carbocycles. The molecule has 0 amide bonds. The van der Waals surface area contributed by atoms with Crippen LogP contribution in [-0.4, -0.2) is 4.98 Å². The third kappa shape index (κ3) is 2.73. The van der Waals surface area contributed by atoms with E-state index in [4.69, 9.17) is 5.73 Å². The Morgan fingerprint density at radius 2 is 1.88 bits per heavy atom. The van der Waals surface area contributed by atoms with Gasteiger partial charge >= 0.3 is 0 Å². The summed E-state index contributed by atoms with van der Waals surface area (Å²) >= 11 is 0. The predicted molar refractivity (Wildman–Crippen MR) is 67.2 cm³/mol. The first-order chi connectivity index (χ1) is 7.74. The Balaban J connectivity index is 1.99. The Kier molecular flexibility index (Phi) is 3.05. The molecular formula is C13H15N3. The van der Waals surface area contributed by atoms with Crippen LogP contribution in [0.4, 0.5) is 11.6 Å². The first kappa shape index (κ1) is 10.5. The zero-order chi connectivity index (χ0) is 11.4. The van der Waals surface area contributed by atoms with E-state index in [1.807, 2.05) is 12.1 Å². The number of pyridine rings is 1. The Morgan fingerprint density at radius 3 is 2.56 bits per heavy atom. The lowest BCUT2D eigenvalue weighted by Crippen LogP contribution is -2.02. The molecule has 0 saturated carbocycles. The van der Waals surface area contributed by atoms with Gasteiger partial charge in [-0.3, -0.25) is 0 Å². The third-order valence-corrected chi connectivity index (χ3v) is 2.36. The summed E-state index contributed by atoms with van der Waals surface area (Å²) in [5.41, 5.74) is 8.10. The molecule has 0 radical (unpaired) electrons. The molecule has 3 nitrogen and oxygen atoms in total. The fourth-order valence-electron chi connectivity index (χ4n) is 1.45. The summed E-state index contributed by atoms with van der Waals surface area (Å²) < 4.78 is 0. The molecule has 0 aliphatic heterocycles. The van der Waals surface area contributed by atoms with Gasteiger partial charge in [0.05, 0.1) is 0 Å². The lowest BCUT2D eigenvalue weighted by Gasteiger charge is -2.06. The minimum absolute atomic E-state index is 0.536. The Labute approximate surface area is 95.3 Å². The fraction of sp³-hybridized carbons (Fsp3) is 0.154. The zero-order valence-electron chi connectivity index (χ0n) is 9.27. The maximum Gasteiger partial charge on any atom is 0.128 e. The van der Waals surface area contributed by atoms with Gasteiger partial charge in [0.2, 0.25) is 0 Å². The van der Waals surface area contributed by atoms with Gasteiger partial charge in [-0.2, -0.15) is 0 Å². The van der Waals surface area contributed by atoms with Crippen molar-refractivity contribution >= 4 is 11.6 Å². The number of aromatic nitrogens is 1. The number of nitrogens with one attached hydrogen (secondary N) is 1. The van der Waals surface area contributed by atoms with Crippen molar-refractivity contribution in [3.8, 4) is 0 Å². The van der Waals surface area contributed by atoms with Crippen LogP contribution >= 0.6 is 0 Å². The van der Waals surface area contributed by atoms with Crippen molar-refractivity contribution in [2.24, 2.45) is 0 Å². The second-order valence-corrected chi connectivity index (χ2v) is 3.79. The number of anilines is 2. The smallest absolute Gasteiger partial charge is 0.128 e. The van der Waals surface area contributed by atoms with Crippen LogP contribution in [0.5, 0.6) is 0 Å². The second-order valence-electron chi connectivity index (χ2n) is 3.79. The van der Waals surface area contributed by atoms with E-state index in [-0.39, 0.29) is 0 Å². The van der Waals surface area contributed by atoms with E-state index in [1.54, 1.807) is 6.07 Å². The maximum atomic E-state index is 5.60. The van der Waals surface area contributed by atoms with E-state index in [2.05, 4.69) is 41.5 Å². The SMILES string of the molecule is Cc1ccc(CNc2cccc(N)n2)cc1. The normalized spacial score (nSPS) is 10.1. The van der Waals surface area contributed by atoms with Crippen LogP contribution < -0.4 is 11.1 Å². The number of nitrogen functional groups attached to an aromatic ring is 1. The average Bonchev–Trinajstić information content (AvgIpc) is 2.28. The lowest BCUT2D eigenvalue weighted by atomic mass is 10.1. The first-order valence-corrected chi connectivity index (χ1v) is 5.26. The summed E-state index contributed by atoms with van der Waals surface area (Å²) in [5, 5.41) is 3.23. The summed E-state index contributed by atoms with van der Waals surface area (Å²) in [7, 11) is 0. The van der Waals surface area contributed by atoms with Crippen LogP contribution in [0.25, 0.3) is 0 Å². The van der Waals surface area contributed by atoms with Crippen molar-refractivity contribution in [1.82, 2.24) is 4.98 Å². The highest BCUT2D eigenvalue weighted by Gasteiger charge is 1.95. The highest BCUT2D eigenvalue weighted by molar-refractivity contribution is 5.42. The van der Waals surface area contributed by atoms with Crippen LogP contribution in [-0.2, 0) is 6.54 Å². The lowest BCUT2D eigenvalue weighted by molar-refractivity contribution is 1.11. The van der Waals surface area contributed by atoms with Gasteiger partial charge in [-0.1, -0.05) is 35.9 Å². The molecular weight excluding hydrogens is 198 g/mol. The highest BCUT2D eigenvalue weighted by atomic mass is 15.0. The number of hydrogen-bond donors (Lipinski definition) is 2. The molecule has 2 aromatic rings. The van der Waals surface area contributed by atoms with E-state index in [9.17, 15) is 0 Å². The topological polar surface area (TPSA) is 50.9 Å². The van der Waals surface area contributed by atoms with Crippen molar-refractivity contribution < 1.29 is 0 Å². The van der Waals surface area contributed by atoms with Gasteiger partial charge in [0.25, 0.3) is 0 Å². The van der Waals surface area contributed by atoms with Gasteiger partial charge in [-0.05, 0) is 24.6 Å². The van der Waals surface area contributed by atoms with Gasteiger partial charge in [-0.15, -0.1) is 0 Å². The quantitative estimate of drug-likeness (QED) is 0.824. The minimum atomic E-state index is 0.536. The van der Waals surface area contributed by atoms with Crippen molar-refractivity contribution in [3.05, 3.63) is 53.6 Å². The molecule has 1 aromatic heterocycles. The third-order valence-electron chi connectivity index (χ3n) is 2.36. The van der Waals surface area contributed by atoms with E-state index < -0.39 is 0 Å². The predicted octanol–water partition coefficient (Wildman–Crippen LogP) is 2.58. The molecule has 0 aliphatic carbocycles. The number of benzene rings is 1. The molecule has 3 heteroatoms. The Morgan fingerprint density at radius 1 is 1.12 bits per heavy atom. The van der Waals surface area contributed by atoms with Gasteiger partial charge in [0.1, 0.15) is 11.6 Å². The highest BCUT2D eigenvalue weighted by Crippen LogP contribution is 2.09. The number of hydrogen-bond acceptors (Lipinski definition) is 3. The monoisotopic (exact) mass is 213 g/mol. The van der Waals surface area contributed by atoms with Crippen molar-refractivity contribution in [2.45, 2.75) is 13.5 Å². The van der Waals surface area contributed by atoms with Crippen molar-refractivity contribution in [1.29, 1.82) is 0 Å². The molecule has 0 aliphatic rings. The minimum Gasteiger partial charge on any atom is -0.384 e. The number of rotatable bonds is 3. The summed E-state index contributed by atoms with van der Waals surface area (Å²) in [6, 6.07) is 14.0. The summed E-state index contributed by atoms with van der Waals surface area (Å²) in [6.07, 6.45) is 0. The number of nitrogens with two attached hydrogens (primary N) is 1. The summed E-state index contributed by atoms with van der Waals surface area (Å²) in [5.74, 6) is 1.34. The first-order valence-electron chi connectivity index (χ1n) is 5.26. The molecule has 0 unspecified atom stereocenters. The van der Waals surface area contributed by atoms with E-state index in [0.29, 0.717) is 5.82 Å². The molecule has 0 atom stereocenters. The molecule has 3 N–H and O–H groups in total. The molecule has 2 rings (SSSR count). The van der Waals surface area contributed by atoms with Gasteiger partial charge < -0.3 is 11.1 Å². The maximum absolute atomic E-state index is 5.60. The van der Waals surface area contributed by atoms with E-state index >= 15 is 0 Å². The standard InChI is InChI=1S/C13H15N3/c1-10-5-7-11(8-6-10)9-15-13-4-2-3-12(14)16-13/h2-8H,9H2,1H3,(H3,14,15,16). The summed E-state index contributed by atoms with van der Waals surface area (Å²) in [4.78, 5) is 4.17. The molecule has 0 spiro atoms. The number of aryl methyl sites for hydroxylation is 1. The van der Waals surface area contributed by atoms with Crippen LogP contribution in [0.15, 0.2) is 42.5 Å². The van der Waals surface area contributed by atoms with Crippen molar-refractivity contribution in [2.75, 3.05) is 11.1 Å². The molecule has 16 heavy (non-hydrogen) atoms. The molecule has 82 valence electrons. The van der Waals surface area contributed by atoms with Gasteiger partial charge in [-0.25, -0.2) is 4.98 Å². The van der Waals surface area contributed by atoms with Crippen LogP contribution in [0.2, 0.25) is 0 Å². The van der Waals surface area contributed by atoms with E-state index in [0.717, 1.165) is 12.4 Å². The van der Waals surface area contributed by atoms with Crippen LogP contribution in [0.3, 0.4) is 0 Å². The second kappa shape index (κ2) is 4.66. The zero-order valence-corrected chi connectivity index (χ0v) is 9.27. The molecule has 0 saturated heterocycles. The molecule has 0 fully saturated rings. The van der Waals surface area contributed by atoms with Crippen LogP contribution in [0, 0.1) is 6.92 Å². The van der Waals surface area contributed by atoms with Gasteiger partial charge in [0.15, 0.2) is 0 Å². The Bertz CT molecular complexity index is 463. The van der Waals surface area contributed by atoms with E-state index in [1.165, 1.54) is 11.1 Å². The summed E-state index contributed by atoms with van der Waals surface area (Å²) in [6.45, 7) is 2.84.